The molecule has 1 heterocycles. The van der Waals surface area contributed by atoms with Gasteiger partial charge in [-0.05, 0) is 67.1 Å². The van der Waals surface area contributed by atoms with Crippen molar-refractivity contribution in [3.63, 3.8) is 0 Å². The van der Waals surface area contributed by atoms with Crippen molar-refractivity contribution >= 4 is 48.9 Å². The van der Waals surface area contributed by atoms with Crippen LogP contribution >= 0.6 is 11.6 Å². The van der Waals surface area contributed by atoms with Gasteiger partial charge in [0.15, 0.2) is 0 Å². The van der Waals surface area contributed by atoms with Gasteiger partial charge in [0.25, 0.3) is 26.0 Å². The molecule has 38 heavy (non-hydrogen) atoms. The van der Waals surface area contributed by atoms with Crippen LogP contribution in [0, 0.1) is 6.92 Å². The van der Waals surface area contributed by atoms with E-state index in [0.717, 1.165) is 0 Å². The first-order valence-electron chi connectivity index (χ1n) is 11.5. The lowest BCUT2D eigenvalue weighted by molar-refractivity contribution is 0.0300. The summed E-state index contributed by atoms with van der Waals surface area (Å²) in [6.45, 7) is 3.26. The standard InChI is InChI=1S/C25H26ClN3O7S2/c1-17-22(26)4-3-5-23(17)28-37(31,32)19-8-6-18(7-9-19)27-38(33,34)20-10-11-24(35-2)21(16-20)25(30)29-12-14-36-15-13-29/h3-11,16,27-28H,12-15H2,1-2H3. The Balaban J connectivity index is 1.54. The number of hydrogen-bond acceptors (Lipinski definition) is 7. The predicted molar refractivity (Wildman–Crippen MR) is 144 cm³/mol. The van der Waals surface area contributed by atoms with Gasteiger partial charge in [0.05, 0.1) is 41.4 Å². The first-order chi connectivity index (χ1) is 18.0. The summed E-state index contributed by atoms with van der Waals surface area (Å²) in [5.74, 6) is -0.114. The average Bonchev–Trinajstić information content (AvgIpc) is 2.91. The molecule has 1 aliphatic rings. The largest absolute Gasteiger partial charge is 0.496 e. The summed E-state index contributed by atoms with van der Waals surface area (Å²) in [4.78, 5) is 14.4. The minimum absolute atomic E-state index is 0.0670. The predicted octanol–water partition coefficient (Wildman–Crippen LogP) is 3.73. The number of rotatable bonds is 8. The molecular weight excluding hydrogens is 554 g/mol. The molecule has 1 aliphatic heterocycles. The van der Waals surface area contributed by atoms with Crippen LogP contribution in [0.25, 0.3) is 0 Å². The van der Waals surface area contributed by atoms with E-state index in [4.69, 9.17) is 21.1 Å². The van der Waals surface area contributed by atoms with E-state index in [2.05, 4.69) is 9.44 Å². The van der Waals surface area contributed by atoms with Crippen molar-refractivity contribution in [2.75, 3.05) is 42.9 Å². The van der Waals surface area contributed by atoms with Crippen LogP contribution in [0.5, 0.6) is 5.75 Å². The first kappa shape index (κ1) is 27.7. The molecule has 202 valence electrons. The number of halogens is 1. The number of carbonyl (C=O) groups is 1. The van der Waals surface area contributed by atoms with E-state index in [-0.39, 0.29) is 32.7 Å². The van der Waals surface area contributed by atoms with Gasteiger partial charge in [-0.2, -0.15) is 0 Å². The molecule has 3 aromatic rings. The van der Waals surface area contributed by atoms with Crippen molar-refractivity contribution in [3.05, 3.63) is 76.8 Å². The summed E-state index contributed by atoms with van der Waals surface area (Å²) >= 11 is 6.07. The summed E-state index contributed by atoms with van der Waals surface area (Å²) in [5, 5.41) is 0.420. The average molecular weight is 580 g/mol. The van der Waals surface area contributed by atoms with Crippen molar-refractivity contribution < 1.29 is 31.1 Å². The minimum atomic E-state index is -4.11. The van der Waals surface area contributed by atoms with Gasteiger partial charge in [-0.3, -0.25) is 14.2 Å². The van der Waals surface area contributed by atoms with Gasteiger partial charge in [0, 0.05) is 23.8 Å². The highest BCUT2D eigenvalue weighted by Crippen LogP contribution is 2.28. The molecule has 13 heteroatoms. The number of sulfonamides is 2. The number of ether oxygens (including phenoxy) is 2. The summed E-state index contributed by atoms with van der Waals surface area (Å²) in [7, 11) is -6.66. The smallest absolute Gasteiger partial charge is 0.261 e. The van der Waals surface area contributed by atoms with Crippen LogP contribution in [-0.4, -0.2) is 61.1 Å². The Labute approximate surface area is 226 Å². The van der Waals surface area contributed by atoms with Crippen LogP contribution in [0.1, 0.15) is 15.9 Å². The van der Waals surface area contributed by atoms with E-state index in [0.29, 0.717) is 42.6 Å². The van der Waals surface area contributed by atoms with Gasteiger partial charge >= 0.3 is 0 Å². The van der Waals surface area contributed by atoms with Gasteiger partial charge in [-0.15, -0.1) is 0 Å². The number of nitrogens with zero attached hydrogens (tertiary/aromatic N) is 1. The van der Waals surface area contributed by atoms with Crippen molar-refractivity contribution in [1.82, 2.24) is 4.90 Å². The number of benzene rings is 3. The Morgan fingerprint density at radius 3 is 2.21 bits per heavy atom. The fraction of sp³-hybridized carbons (Fsp3) is 0.240. The quantitative estimate of drug-likeness (QED) is 0.416. The van der Waals surface area contributed by atoms with E-state index in [1.807, 2.05) is 0 Å². The Hall–Kier alpha value is -3.32. The molecule has 0 bridgehead atoms. The monoisotopic (exact) mass is 579 g/mol. The van der Waals surface area contributed by atoms with Gasteiger partial charge in [-0.1, -0.05) is 17.7 Å². The molecule has 1 amide bonds. The lowest BCUT2D eigenvalue weighted by Gasteiger charge is -2.27. The Morgan fingerprint density at radius 2 is 1.55 bits per heavy atom. The molecule has 0 aromatic heterocycles. The highest BCUT2D eigenvalue weighted by atomic mass is 35.5. The molecule has 10 nitrogen and oxygen atoms in total. The van der Waals surface area contributed by atoms with Gasteiger partial charge in [-0.25, -0.2) is 16.8 Å². The third-order valence-electron chi connectivity index (χ3n) is 5.94. The van der Waals surface area contributed by atoms with Crippen LogP contribution in [0.15, 0.2) is 70.5 Å². The molecule has 0 radical (unpaired) electrons. The second-order valence-electron chi connectivity index (χ2n) is 8.41. The normalized spacial score (nSPS) is 14.1. The molecule has 0 spiro atoms. The summed E-state index contributed by atoms with van der Waals surface area (Å²) in [6, 6.07) is 14.1. The fourth-order valence-corrected chi connectivity index (χ4v) is 6.18. The van der Waals surface area contributed by atoms with Crippen molar-refractivity contribution in [2.24, 2.45) is 0 Å². The Kier molecular flexibility index (Phi) is 8.16. The second kappa shape index (κ2) is 11.2. The first-order valence-corrected chi connectivity index (χ1v) is 14.8. The van der Waals surface area contributed by atoms with Crippen LogP contribution in [-0.2, 0) is 24.8 Å². The number of morpholine rings is 1. The van der Waals surface area contributed by atoms with Crippen LogP contribution in [0.3, 0.4) is 0 Å². The minimum Gasteiger partial charge on any atom is -0.496 e. The molecule has 0 unspecified atom stereocenters. The van der Waals surface area contributed by atoms with Crippen molar-refractivity contribution in [1.29, 1.82) is 0 Å². The summed E-state index contributed by atoms with van der Waals surface area (Å²) in [6.07, 6.45) is 0. The van der Waals surface area contributed by atoms with Crippen LogP contribution in [0.4, 0.5) is 11.4 Å². The number of methoxy groups -OCH3 is 1. The molecule has 1 saturated heterocycles. The van der Waals surface area contributed by atoms with Crippen molar-refractivity contribution in [3.8, 4) is 5.75 Å². The summed E-state index contributed by atoms with van der Waals surface area (Å²) < 4.78 is 67.3. The zero-order chi connectivity index (χ0) is 27.5. The Morgan fingerprint density at radius 1 is 0.921 bits per heavy atom. The van der Waals surface area contributed by atoms with Gasteiger partial charge in [0.1, 0.15) is 5.75 Å². The molecule has 0 saturated carbocycles. The maximum absolute atomic E-state index is 13.1. The van der Waals surface area contributed by atoms with Crippen molar-refractivity contribution in [2.45, 2.75) is 16.7 Å². The van der Waals surface area contributed by atoms with E-state index >= 15 is 0 Å². The van der Waals surface area contributed by atoms with Crippen LogP contribution in [0.2, 0.25) is 5.02 Å². The topological polar surface area (TPSA) is 131 Å². The zero-order valence-corrected chi connectivity index (χ0v) is 23.0. The van der Waals surface area contributed by atoms with E-state index in [1.54, 1.807) is 30.0 Å². The number of carbonyl (C=O) groups excluding carboxylic acids is 1. The molecule has 3 aromatic carbocycles. The lowest BCUT2D eigenvalue weighted by atomic mass is 10.1. The van der Waals surface area contributed by atoms with Crippen LogP contribution < -0.4 is 14.2 Å². The third kappa shape index (κ3) is 6.04. The number of amides is 1. The number of nitrogens with one attached hydrogen (secondary N) is 2. The van der Waals surface area contributed by atoms with Gasteiger partial charge in [0.2, 0.25) is 0 Å². The molecule has 4 rings (SSSR count). The maximum atomic E-state index is 13.1. The number of anilines is 2. The molecule has 0 aliphatic carbocycles. The molecule has 2 N–H and O–H groups in total. The summed E-state index contributed by atoms with van der Waals surface area (Å²) in [5.41, 5.74) is 1.16. The van der Waals surface area contributed by atoms with E-state index in [9.17, 15) is 21.6 Å². The highest BCUT2D eigenvalue weighted by Gasteiger charge is 2.25. The highest BCUT2D eigenvalue weighted by molar-refractivity contribution is 7.93. The number of hydrogen-bond donors (Lipinski definition) is 2. The van der Waals surface area contributed by atoms with E-state index < -0.39 is 20.0 Å². The fourth-order valence-electron chi connectivity index (χ4n) is 3.80. The third-order valence-corrected chi connectivity index (χ3v) is 9.11. The second-order valence-corrected chi connectivity index (χ2v) is 12.2. The SMILES string of the molecule is COc1ccc(S(=O)(=O)Nc2ccc(S(=O)(=O)Nc3cccc(Cl)c3C)cc2)cc1C(=O)N1CCOCC1. The molecule has 1 fully saturated rings. The maximum Gasteiger partial charge on any atom is 0.261 e. The van der Waals surface area contributed by atoms with E-state index in [1.165, 1.54) is 49.6 Å². The van der Waals surface area contributed by atoms with Gasteiger partial charge < -0.3 is 14.4 Å². The Bertz CT molecular complexity index is 1550. The molecule has 0 atom stereocenters. The zero-order valence-electron chi connectivity index (χ0n) is 20.6. The molecular formula is C25H26ClN3O7S2. The lowest BCUT2D eigenvalue weighted by Crippen LogP contribution is -2.40.